The minimum absolute atomic E-state index is 0.0193. The number of hydrogen-bond acceptors (Lipinski definition) is 8. The number of hydrogen-bond donors (Lipinski definition) is 1. The van der Waals surface area contributed by atoms with Crippen molar-refractivity contribution in [2.45, 2.75) is 11.4 Å². The molecule has 32 heavy (non-hydrogen) atoms. The first-order valence-corrected chi connectivity index (χ1v) is 12.3. The monoisotopic (exact) mass is 480 g/mol. The lowest BCUT2D eigenvalue weighted by Gasteiger charge is -2.26. The molecule has 0 saturated carbocycles. The van der Waals surface area contributed by atoms with Crippen LogP contribution in [-0.4, -0.2) is 75.0 Å². The zero-order valence-electron chi connectivity index (χ0n) is 17.7. The van der Waals surface area contributed by atoms with E-state index in [9.17, 15) is 18.0 Å². The maximum atomic E-state index is 13.0. The second-order valence-corrected chi connectivity index (χ2v) is 10.4. The number of thiophene rings is 1. The second-order valence-electron chi connectivity index (χ2n) is 7.59. The number of carbonyl (C=O) groups is 1. The number of nitrogens with zero attached hydrogens (tertiary/aromatic N) is 3. The molecule has 1 aliphatic rings. The lowest BCUT2D eigenvalue weighted by atomic mass is 10.2. The average molecular weight is 481 g/mol. The fraction of sp³-hybridized carbons (Fsp3) is 0.400. The van der Waals surface area contributed by atoms with Gasteiger partial charge in [-0.2, -0.15) is 4.31 Å². The van der Waals surface area contributed by atoms with Gasteiger partial charge >= 0.3 is 5.76 Å². The van der Waals surface area contributed by atoms with Crippen LogP contribution in [0.25, 0.3) is 11.1 Å². The first kappa shape index (κ1) is 22.7. The number of amides is 1. The molecule has 1 aromatic carbocycles. The maximum Gasteiger partial charge on any atom is 0.419 e. The van der Waals surface area contributed by atoms with E-state index in [4.69, 9.17) is 9.15 Å². The Morgan fingerprint density at radius 3 is 2.69 bits per heavy atom. The molecule has 1 N–H and O–H groups in total. The molecule has 0 aliphatic carbocycles. The summed E-state index contributed by atoms with van der Waals surface area (Å²) in [6.07, 6.45) is 0. The van der Waals surface area contributed by atoms with Crippen LogP contribution < -0.4 is 11.1 Å². The molecule has 2 aromatic heterocycles. The van der Waals surface area contributed by atoms with Gasteiger partial charge in [0.05, 0.1) is 18.7 Å². The summed E-state index contributed by atoms with van der Waals surface area (Å²) in [5.41, 5.74) is 1.41. The van der Waals surface area contributed by atoms with Crippen LogP contribution in [0.2, 0.25) is 0 Å². The highest BCUT2D eigenvalue weighted by Gasteiger charge is 2.31. The Labute approximate surface area is 189 Å². The van der Waals surface area contributed by atoms with Crippen LogP contribution in [0.4, 0.5) is 5.69 Å². The maximum absolute atomic E-state index is 13.0. The third-order valence-electron chi connectivity index (χ3n) is 5.12. The van der Waals surface area contributed by atoms with E-state index < -0.39 is 21.7 Å². The number of rotatable bonds is 7. The van der Waals surface area contributed by atoms with Crippen molar-refractivity contribution in [2.24, 2.45) is 0 Å². The van der Waals surface area contributed by atoms with Crippen molar-refractivity contribution in [1.82, 2.24) is 13.8 Å². The van der Waals surface area contributed by atoms with Gasteiger partial charge in [-0.1, -0.05) is 0 Å². The molecule has 0 atom stereocenters. The summed E-state index contributed by atoms with van der Waals surface area (Å²) in [5, 5.41) is 4.33. The number of oxazole rings is 1. The summed E-state index contributed by atoms with van der Waals surface area (Å²) in [6.45, 7) is 2.23. The SMILES string of the molecule is CN(C)CCn1c(=O)oc2ccc(NC(=O)c3sccc3S(=O)(=O)N3CCOCC3)cc21. The van der Waals surface area contributed by atoms with Crippen LogP contribution in [0.15, 0.2) is 43.8 Å². The molecule has 0 bridgehead atoms. The normalized spacial score (nSPS) is 15.5. The van der Waals surface area contributed by atoms with Gasteiger partial charge in [-0.3, -0.25) is 9.36 Å². The van der Waals surface area contributed by atoms with E-state index in [0.29, 0.717) is 43.1 Å². The Morgan fingerprint density at radius 1 is 1.22 bits per heavy atom. The zero-order valence-corrected chi connectivity index (χ0v) is 19.4. The lowest BCUT2D eigenvalue weighted by Crippen LogP contribution is -2.41. The first-order chi connectivity index (χ1) is 15.3. The minimum Gasteiger partial charge on any atom is -0.408 e. The molecule has 3 aromatic rings. The highest BCUT2D eigenvalue weighted by atomic mass is 32.2. The molecule has 1 fully saturated rings. The Morgan fingerprint density at radius 2 is 1.97 bits per heavy atom. The van der Waals surface area contributed by atoms with E-state index in [1.807, 2.05) is 19.0 Å². The van der Waals surface area contributed by atoms with Crippen molar-refractivity contribution in [3.63, 3.8) is 0 Å². The quantitative estimate of drug-likeness (QED) is 0.545. The van der Waals surface area contributed by atoms with Crippen LogP contribution in [0.3, 0.4) is 0 Å². The Kier molecular flexibility index (Phi) is 6.49. The molecule has 10 nitrogen and oxygen atoms in total. The molecule has 1 saturated heterocycles. The number of sulfonamides is 1. The van der Waals surface area contributed by atoms with Crippen molar-refractivity contribution in [2.75, 3.05) is 52.3 Å². The van der Waals surface area contributed by atoms with Crippen molar-refractivity contribution < 1.29 is 22.4 Å². The van der Waals surface area contributed by atoms with Gasteiger partial charge in [-0.25, -0.2) is 13.2 Å². The van der Waals surface area contributed by atoms with Crippen LogP contribution in [0, 0.1) is 0 Å². The summed E-state index contributed by atoms with van der Waals surface area (Å²) in [7, 11) is 0.00820. The summed E-state index contributed by atoms with van der Waals surface area (Å²) < 4.78 is 39.4. The third-order valence-corrected chi connectivity index (χ3v) is 8.10. The van der Waals surface area contributed by atoms with E-state index in [1.54, 1.807) is 23.6 Å². The molecule has 0 radical (unpaired) electrons. The molecule has 172 valence electrons. The van der Waals surface area contributed by atoms with E-state index >= 15 is 0 Å². The number of benzene rings is 1. The van der Waals surface area contributed by atoms with Crippen LogP contribution >= 0.6 is 11.3 Å². The average Bonchev–Trinajstić information content (AvgIpc) is 3.37. The number of ether oxygens (including phenoxy) is 1. The largest absolute Gasteiger partial charge is 0.419 e. The Balaban J connectivity index is 1.59. The zero-order chi connectivity index (χ0) is 22.9. The standard InChI is InChI=1S/C20H24N4O6S2/c1-22(2)6-7-24-15-13-14(3-4-16(15)30-20(24)26)21-19(25)18-17(5-12-31-18)32(27,28)23-8-10-29-11-9-23/h3-5,12-13H,6-11H2,1-2H3,(H,21,25). The third kappa shape index (κ3) is 4.50. The molecule has 0 spiro atoms. The number of likely N-dealkylation sites (N-methyl/N-ethyl adjacent to an activating group) is 1. The molecule has 1 aliphatic heterocycles. The van der Waals surface area contributed by atoms with Gasteiger partial charge in [0.1, 0.15) is 9.77 Å². The number of aromatic nitrogens is 1. The van der Waals surface area contributed by atoms with Gasteiger partial charge in [-0.05, 0) is 43.7 Å². The van der Waals surface area contributed by atoms with Gasteiger partial charge in [0, 0.05) is 31.9 Å². The van der Waals surface area contributed by atoms with Crippen molar-refractivity contribution in [1.29, 1.82) is 0 Å². The minimum atomic E-state index is -3.80. The number of nitrogens with one attached hydrogen (secondary N) is 1. The lowest BCUT2D eigenvalue weighted by molar-refractivity contribution is 0.0730. The van der Waals surface area contributed by atoms with E-state index in [1.165, 1.54) is 14.9 Å². The van der Waals surface area contributed by atoms with Crippen molar-refractivity contribution >= 4 is 44.1 Å². The summed E-state index contributed by atoms with van der Waals surface area (Å²) in [4.78, 5) is 27.2. The first-order valence-electron chi connectivity index (χ1n) is 10.0. The van der Waals surface area contributed by atoms with E-state index in [0.717, 1.165) is 11.3 Å². The fourth-order valence-corrected chi connectivity index (χ4v) is 6.14. The smallest absolute Gasteiger partial charge is 0.408 e. The van der Waals surface area contributed by atoms with Gasteiger partial charge in [0.15, 0.2) is 5.58 Å². The van der Waals surface area contributed by atoms with Crippen LogP contribution in [0.1, 0.15) is 9.67 Å². The number of anilines is 1. The highest BCUT2D eigenvalue weighted by Crippen LogP contribution is 2.27. The van der Waals surface area contributed by atoms with Crippen molar-refractivity contribution in [3.8, 4) is 0 Å². The summed E-state index contributed by atoms with van der Waals surface area (Å²) in [5.74, 6) is -1.00. The van der Waals surface area contributed by atoms with Crippen molar-refractivity contribution in [3.05, 3.63) is 45.1 Å². The molecule has 1 amide bonds. The molecular weight excluding hydrogens is 456 g/mol. The van der Waals surface area contributed by atoms with E-state index in [2.05, 4.69) is 5.32 Å². The Bertz CT molecular complexity index is 1280. The molecular formula is C20H24N4O6S2. The van der Waals surface area contributed by atoms with Gasteiger partial charge < -0.3 is 19.4 Å². The summed E-state index contributed by atoms with van der Waals surface area (Å²) >= 11 is 1.06. The van der Waals surface area contributed by atoms with Crippen LogP contribution in [-0.2, 0) is 21.3 Å². The predicted octanol–water partition coefficient (Wildman–Crippen LogP) is 1.49. The molecule has 4 rings (SSSR count). The number of morpholine rings is 1. The number of carbonyl (C=O) groups excluding carboxylic acids is 1. The second kappa shape index (κ2) is 9.16. The molecule has 12 heteroatoms. The van der Waals surface area contributed by atoms with E-state index in [-0.39, 0.29) is 22.9 Å². The summed E-state index contributed by atoms with van der Waals surface area (Å²) in [6, 6.07) is 6.32. The number of fused-ring (bicyclic) bond motifs is 1. The molecule has 3 heterocycles. The van der Waals surface area contributed by atoms with Gasteiger partial charge in [-0.15, -0.1) is 11.3 Å². The van der Waals surface area contributed by atoms with Crippen LogP contribution in [0.5, 0.6) is 0 Å². The van der Waals surface area contributed by atoms with Gasteiger partial charge in [0.2, 0.25) is 10.0 Å². The van der Waals surface area contributed by atoms with Gasteiger partial charge in [0.25, 0.3) is 5.91 Å². The molecule has 0 unspecified atom stereocenters. The highest BCUT2D eigenvalue weighted by molar-refractivity contribution is 7.89. The topological polar surface area (TPSA) is 114 Å². The predicted molar refractivity (Wildman–Crippen MR) is 121 cm³/mol. The Hall–Kier alpha value is -2.51. The fourth-order valence-electron chi connectivity index (χ4n) is 3.43.